The molecule has 0 aromatic heterocycles. The van der Waals surface area contributed by atoms with Crippen molar-refractivity contribution >= 4 is 17.3 Å². The van der Waals surface area contributed by atoms with Gasteiger partial charge in [-0.2, -0.15) is 0 Å². The number of Topliss-reactive ketones (excluding diaryl/α,β-unsaturated/α-hetero) is 2. The van der Waals surface area contributed by atoms with Crippen LogP contribution < -0.4 is 4.90 Å². The lowest BCUT2D eigenvalue weighted by Gasteiger charge is -2.31. The summed E-state index contributed by atoms with van der Waals surface area (Å²) in [6.45, 7) is 0.907. The molecule has 3 heteroatoms. The van der Waals surface area contributed by atoms with E-state index < -0.39 is 0 Å². The lowest BCUT2D eigenvalue weighted by atomic mass is 9.92. The molecule has 2 aliphatic rings. The molecule has 1 heterocycles. The van der Waals surface area contributed by atoms with Gasteiger partial charge in [-0.05, 0) is 24.5 Å². The first-order chi connectivity index (χ1) is 8.25. The summed E-state index contributed by atoms with van der Waals surface area (Å²) in [7, 11) is 0. The molecule has 0 radical (unpaired) electrons. The Balaban J connectivity index is 1.87. The number of hydrogen-bond donors (Lipinski definition) is 0. The Morgan fingerprint density at radius 1 is 1.12 bits per heavy atom. The first kappa shape index (κ1) is 10.5. The average Bonchev–Trinajstić information content (AvgIpc) is 2.73. The number of carbonyl (C=O) groups is 2. The number of para-hydroxylation sites is 1. The maximum atomic E-state index is 11.9. The van der Waals surface area contributed by atoms with E-state index in [9.17, 15) is 9.59 Å². The SMILES string of the molecule is O=C1CCC(N2CCc3ccccc32)C(=O)C1. The van der Waals surface area contributed by atoms with Crippen molar-refractivity contribution in [1.82, 2.24) is 0 Å². The van der Waals surface area contributed by atoms with Gasteiger partial charge in [-0.1, -0.05) is 18.2 Å². The monoisotopic (exact) mass is 229 g/mol. The summed E-state index contributed by atoms with van der Waals surface area (Å²) in [4.78, 5) is 25.4. The predicted octanol–water partition coefficient (Wildman–Crippen LogP) is 1.74. The number of hydrogen-bond acceptors (Lipinski definition) is 3. The number of rotatable bonds is 1. The second-order valence-corrected chi connectivity index (χ2v) is 4.81. The number of benzene rings is 1. The molecule has 3 nitrogen and oxygen atoms in total. The third kappa shape index (κ3) is 1.75. The van der Waals surface area contributed by atoms with Gasteiger partial charge in [0, 0.05) is 18.7 Å². The molecule has 88 valence electrons. The first-order valence-electron chi connectivity index (χ1n) is 6.14. The van der Waals surface area contributed by atoms with Crippen LogP contribution in [0, 0.1) is 0 Å². The van der Waals surface area contributed by atoms with Gasteiger partial charge < -0.3 is 4.90 Å². The summed E-state index contributed by atoms with van der Waals surface area (Å²) >= 11 is 0. The Morgan fingerprint density at radius 2 is 1.94 bits per heavy atom. The average molecular weight is 229 g/mol. The van der Waals surface area contributed by atoms with Gasteiger partial charge in [0.15, 0.2) is 5.78 Å². The van der Waals surface area contributed by atoms with Gasteiger partial charge in [0.2, 0.25) is 0 Å². The molecule has 1 aromatic carbocycles. The van der Waals surface area contributed by atoms with Crippen LogP contribution in [0.25, 0.3) is 0 Å². The predicted molar refractivity (Wildman–Crippen MR) is 65.1 cm³/mol. The van der Waals surface area contributed by atoms with Crippen LogP contribution in [0.15, 0.2) is 24.3 Å². The molecular weight excluding hydrogens is 214 g/mol. The van der Waals surface area contributed by atoms with Crippen molar-refractivity contribution in [2.24, 2.45) is 0 Å². The number of ketones is 2. The normalized spacial score (nSPS) is 24.0. The standard InChI is InChI=1S/C14H15NO2/c16-11-5-6-13(14(17)9-11)15-8-7-10-3-1-2-4-12(10)15/h1-4,13H,5-9H2. The number of fused-ring (bicyclic) bond motifs is 1. The van der Waals surface area contributed by atoms with E-state index in [1.165, 1.54) is 11.3 Å². The minimum absolute atomic E-state index is 0.0728. The van der Waals surface area contributed by atoms with Crippen molar-refractivity contribution in [2.45, 2.75) is 31.7 Å². The van der Waals surface area contributed by atoms with E-state index in [4.69, 9.17) is 0 Å². The number of anilines is 1. The summed E-state index contributed by atoms with van der Waals surface area (Å²) in [5, 5.41) is 0. The highest BCUT2D eigenvalue weighted by atomic mass is 16.2. The molecule has 0 N–H and O–H groups in total. The van der Waals surface area contributed by atoms with Crippen molar-refractivity contribution < 1.29 is 9.59 Å². The molecule has 0 bridgehead atoms. The van der Waals surface area contributed by atoms with Crippen LogP contribution in [0.5, 0.6) is 0 Å². The van der Waals surface area contributed by atoms with Crippen molar-refractivity contribution in [3.8, 4) is 0 Å². The summed E-state index contributed by atoms with van der Waals surface area (Å²) in [6.07, 6.45) is 2.37. The molecule has 1 fully saturated rings. The fourth-order valence-corrected chi connectivity index (χ4v) is 2.88. The van der Waals surface area contributed by atoms with Crippen LogP contribution in [-0.4, -0.2) is 24.2 Å². The van der Waals surface area contributed by atoms with Crippen LogP contribution in [0.2, 0.25) is 0 Å². The van der Waals surface area contributed by atoms with E-state index in [2.05, 4.69) is 17.0 Å². The zero-order valence-electron chi connectivity index (χ0n) is 9.69. The quantitative estimate of drug-likeness (QED) is 0.688. The van der Waals surface area contributed by atoms with Crippen molar-refractivity contribution in [3.05, 3.63) is 29.8 Å². The largest absolute Gasteiger partial charge is 0.361 e. The van der Waals surface area contributed by atoms with E-state index in [0.717, 1.165) is 13.0 Å². The number of carbonyl (C=O) groups excluding carboxylic acids is 2. The molecule has 1 saturated carbocycles. The summed E-state index contributed by atoms with van der Waals surface area (Å²) in [6, 6.07) is 8.17. The van der Waals surface area contributed by atoms with E-state index in [0.29, 0.717) is 12.8 Å². The topological polar surface area (TPSA) is 37.4 Å². The first-order valence-corrected chi connectivity index (χ1v) is 6.14. The summed E-state index contributed by atoms with van der Waals surface area (Å²) < 4.78 is 0. The van der Waals surface area contributed by atoms with E-state index in [1.807, 2.05) is 12.1 Å². The minimum Gasteiger partial charge on any atom is -0.361 e. The molecule has 1 unspecified atom stereocenters. The Kier molecular flexibility index (Phi) is 2.46. The minimum atomic E-state index is -0.0728. The maximum Gasteiger partial charge on any atom is 0.162 e. The van der Waals surface area contributed by atoms with E-state index in [1.54, 1.807) is 0 Å². The molecule has 3 rings (SSSR count). The molecule has 1 aliphatic heterocycles. The maximum absolute atomic E-state index is 11.9. The van der Waals surface area contributed by atoms with E-state index >= 15 is 0 Å². The van der Waals surface area contributed by atoms with Gasteiger partial charge in [0.05, 0.1) is 12.5 Å². The van der Waals surface area contributed by atoms with Crippen LogP contribution in [0.1, 0.15) is 24.8 Å². The summed E-state index contributed by atoms with van der Waals surface area (Å²) in [5.74, 6) is 0.191. The molecule has 17 heavy (non-hydrogen) atoms. The zero-order valence-corrected chi connectivity index (χ0v) is 9.69. The second-order valence-electron chi connectivity index (χ2n) is 4.81. The van der Waals surface area contributed by atoms with Gasteiger partial charge in [0.1, 0.15) is 5.78 Å². The molecule has 0 spiro atoms. The molecule has 1 aromatic rings. The van der Waals surface area contributed by atoms with E-state index in [-0.39, 0.29) is 24.0 Å². The molecule has 1 atom stereocenters. The van der Waals surface area contributed by atoms with Gasteiger partial charge in [-0.15, -0.1) is 0 Å². The van der Waals surface area contributed by atoms with Gasteiger partial charge in [0.25, 0.3) is 0 Å². The Morgan fingerprint density at radius 3 is 2.76 bits per heavy atom. The van der Waals surface area contributed by atoms with Crippen LogP contribution >= 0.6 is 0 Å². The third-order valence-electron chi connectivity index (χ3n) is 3.74. The van der Waals surface area contributed by atoms with Crippen molar-refractivity contribution in [1.29, 1.82) is 0 Å². The van der Waals surface area contributed by atoms with Crippen LogP contribution in [0.4, 0.5) is 5.69 Å². The molecule has 0 amide bonds. The van der Waals surface area contributed by atoms with Crippen LogP contribution in [-0.2, 0) is 16.0 Å². The van der Waals surface area contributed by atoms with Crippen molar-refractivity contribution in [2.75, 3.05) is 11.4 Å². The van der Waals surface area contributed by atoms with Gasteiger partial charge in [-0.25, -0.2) is 0 Å². The Labute approximate surface area is 100 Å². The second kappa shape index (κ2) is 3.99. The lowest BCUT2D eigenvalue weighted by molar-refractivity contribution is -0.130. The smallest absolute Gasteiger partial charge is 0.162 e. The molecular formula is C14H15NO2. The van der Waals surface area contributed by atoms with Crippen LogP contribution in [0.3, 0.4) is 0 Å². The Bertz CT molecular complexity index is 481. The van der Waals surface area contributed by atoms with Crippen molar-refractivity contribution in [3.63, 3.8) is 0 Å². The fourth-order valence-electron chi connectivity index (χ4n) is 2.88. The van der Waals surface area contributed by atoms with Gasteiger partial charge in [-0.3, -0.25) is 9.59 Å². The lowest BCUT2D eigenvalue weighted by Crippen LogP contribution is -2.44. The Hall–Kier alpha value is -1.64. The number of nitrogens with zero attached hydrogens (tertiary/aromatic N) is 1. The highest BCUT2D eigenvalue weighted by molar-refractivity contribution is 6.05. The highest BCUT2D eigenvalue weighted by Crippen LogP contribution is 2.32. The highest BCUT2D eigenvalue weighted by Gasteiger charge is 2.34. The van der Waals surface area contributed by atoms with Gasteiger partial charge >= 0.3 is 0 Å². The zero-order chi connectivity index (χ0) is 11.8. The molecule has 1 aliphatic carbocycles. The fraction of sp³-hybridized carbons (Fsp3) is 0.429. The summed E-state index contributed by atoms with van der Waals surface area (Å²) in [5.41, 5.74) is 2.50. The third-order valence-corrected chi connectivity index (χ3v) is 3.74. The molecule has 0 saturated heterocycles.